The third-order valence-electron chi connectivity index (χ3n) is 0.105. The van der Waals surface area contributed by atoms with Gasteiger partial charge >= 0.3 is 0 Å². The molecular formula is C2H7NO. The number of rotatable bonds is 1. The zero-order chi connectivity index (χ0) is 4.28. The summed E-state index contributed by atoms with van der Waals surface area (Å²) in [6.07, 6.45) is 0. The van der Waals surface area contributed by atoms with Gasteiger partial charge in [-0.05, 0) is 0 Å². The molecule has 0 radical (unpaired) electrons. The molecule has 0 aromatic heterocycles. The van der Waals surface area contributed by atoms with Gasteiger partial charge in [0.15, 0.2) is 0 Å². The van der Waals surface area contributed by atoms with Gasteiger partial charge in [0.05, 0.1) is 7.95 Å². The fourth-order valence-electron chi connectivity index (χ4n) is 0. The summed E-state index contributed by atoms with van der Waals surface area (Å²) < 4.78 is 6.26. The molecule has 4 heavy (non-hydrogen) atoms. The van der Waals surface area contributed by atoms with Crippen LogP contribution in [0.2, 0.25) is 0 Å². The number of hydrogen-bond donors (Lipinski definition) is 2. The van der Waals surface area contributed by atoms with E-state index in [9.17, 15) is 0 Å². The van der Waals surface area contributed by atoms with E-state index >= 15 is 0 Å². The monoisotopic (exact) mass is 63.1 g/mol. The van der Waals surface area contributed by atoms with Crippen molar-refractivity contribution in [3.8, 4) is 0 Å². The maximum Gasteiger partial charge on any atom is 0.0577 e. The Morgan fingerprint density at radius 1 is 2.25 bits per heavy atom. The maximum absolute atomic E-state index is 7.90. The Bertz CT molecular complexity index is 23.6. The molecule has 0 spiro atoms. The molecule has 2 nitrogen and oxygen atoms in total. The largest absolute Gasteiger partial charge is 0.395 e. The van der Waals surface area contributed by atoms with E-state index in [1.807, 2.05) is 0 Å². The topological polar surface area (TPSA) is 46.2 Å². The van der Waals surface area contributed by atoms with Crippen LogP contribution < -0.4 is 5.73 Å². The Hall–Kier alpha value is -0.0800. The van der Waals surface area contributed by atoms with Gasteiger partial charge in [-0.3, -0.25) is 0 Å². The third-order valence-corrected chi connectivity index (χ3v) is 0.105. The van der Waals surface area contributed by atoms with Crippen LogP contribution in [0.25, 0.3) is 0 Å². The Labute approximate surface area is 26.6 Å². The molecule has 0 amide bonds. The van der Waals surface area contributed by atoms with Gasteiger partial charge in [-0.1, -0.05) is 0 Å². The van der Waals surface area contributed by atoms with Crippen molar-refractivity contribution in [1.29, 1.82) is 0 Å². The quantitative estimate of drug-likeness (QED) is 0.407. The predicted molar refractivity (Wildman–Crippen MR) is 16.1 cm³/mol. The standard InChI is InChI=1S/C2H7NO/c3-1-2-4/h4H,1-3H2/i2T. The molecule has 0 aliphatic carbocycles. The lowest BCUT2D eigenvalue weighted by Crippen LogP contribution is -2.02. The van der Waals surface area contributed by atoms with Gasteiger partial charge in [0.2, 0.25) is 0 Å². The Morgan fingerprint density at radius 3 is 2.50 bits per heavy atom. The van der Waals surface area contributed by atoms with E-state index in [1.165, 1.54) is 0 Å². The Kier molecular flexibility index (Phi) is 1.59. The van der Waals surface area contributed by atoms with Gasteiger partial charge in [-0.25, -0.2) is 0 Å². The minimum absolute atomic E-state index is 0.0278. The molecule has 0 saturated carbocycles. The van der Waals surface area contributed by atoms with Crippen LogP contribution in [0.15, 0.2) is 0 Å². The average Bonchev–Trinajstić information content (AvgIpc) is 1.38. The van der Waals surface area contributed by atoms with Crippen LogP contribution in [0.1, 0.15) is 1.37 Å². The summed E-state index contributed by atoms with van der Waals surface area (Å²) in [7, 11) is 0. The van der Waals surface area contributed by atoms with Crippen LogP contribution in [0.5, 0.6) is 0 Å². The second kappa shape index (κ2) is 2.92. The van der Waals surface area contributed by atoms with Crippen molar-refractivity contribution in [3.05, 3.63) is 0 Å². The summed E-state index contributed by atoms with van der Waals surface area (Å²) in [5, 5.41) is 7.90. The molecule has 26 valence electrons. The Morgan fingerprint density at radius 2 is 2.50 bits per heavy atom. The zero-order valence-electron chi connectivity index (χ0n) is 3.31. The van der Waals surface area contributed by atoms with Crippen LogP contribution in [0.4, 0.5) is 0 Å². The zero-order valence-corrected chi connectivity index (χ0v) is 2.31. The molecule has 3 N–H and O–H groups in total. The van der Waals surface area contributed by atoms with Gasteiger partial charge in [0.25, 0.3) is 0 Å². The van der Waals surface area contributed by atoms with Gasteiger partial charge in [-0.2, -0.15) is 0 Å². The molecular weight excluding hydrogens is 54.0 g/mol. The first-order valence-electron chi connectivity index (χ1n) is 1.65. The minimum Gasteiger partial charge on any atom is -0.395 e. The van der Waals surface area contributed by atoms with Crippen molar-refractivity contribution in [2.45, 2.75) is 0 Å². The van der Waals surface area contributed by atoms with Crippen molar-refractivity contribution in [2.75, 3.05) is 13.1 Å². The number of aliphatic hydroxyl groups excluding tert-OH is 1. The van der Waals surface area contributed by atoms with Crippen molar-refractivity contribution in [2.24, 2.45) is 5.73 Å². The van der Waals surface area contributed by atoms with Gasteiger partial charge in [0.1, 0.15) is 0 Å². The molecule has 2 heteroatoms. The first-order valence-corrected chi connectivity index (χ1v) is 1.07. The summed E-state index contributed by atoms with van der Waals surface area (Å²) in [5.41, 5.74) is 4.73. The number of nitrogens with two attached hydrogens (primary N) is 1. The van der Waals surface area contributed by atoms with Crippen LogP contribution in [0, 0.1) is 0 Å². The summed E-state index contributed by atoms with van der Waals surface area (Å²) in [6.45, 7) is -1.06. The van der Waals surface area contributed by atoms with E-state index in [0.717, 1.165) is 0 Å². The SMILES string of the molecule is [3H]C(O)CN. The van der Waals surface area contributed by atoms with Gasteiger partial charge in [-0.15, -0.1) is 0 Å². The molecule has 0 rings (SSSR count). The first-order chi connectivity index (χ1) is 2.27. The number of aliphatic hydroxyl groups is 1. The second-order valence-corrected chi connectivity index (χ2v) is 0.418. The summed E-state index contributed by atoms with van der Waals surface area (Å²) in [4.78, 5) is 0. The summed E-state index contributed by atoms with van der Waals surface area (Å²) in [6, 6.07) is 0. The van der Waals surface area contributed by atoms with Crippen molar-refractivity contribution < 1.29 is 6.48 Å². The molecule has 0 heterocycles. The maximum atomic E-state index is 7.90. The highest BCUT2D eigenvalue weighted by atomic mass is 16.3. The lowest BCUT2D eigenvalue weighted by Gasteiger charge is -1.71. The predicted octanol–water partition coefficient (Wildman–Crippen LogP) is -1.06. The molecule has 0 aromatic carbocycles. The summed E-state index contributed by atoms with van der Waals surface area (Å²) >= 11 is 0. The molecule has 0 aliphatic rings. The highest BCUT2D eigenvalue weighted by Crippen LogP contribution is 1.33. The summed E-state index contributed by atoms with van der Waals surface area (Å²) in [5.74, 6) is 0. The molecule has 0 fully saturated rings. The molecule has 0 aliphatic heterocycles. The second-order valence-electron chi connectivity index (χ2n) is 0.418. The van der Waals surface area contributed by atoms with Crippen LogP contribution in [-0.4, -0.2) is 18.2 Å². The Balaban J connectivity index is 2.54. The van der Waals surface area contributed by atoms with Crippen LogP contribution in [-0.2, 0) is 0 Å². The van der Waals surface area contributed by atoms with Gasteiger partial charge < -0.3 is 10.8 Å². The van der Waals surface area contributed by atoms with E-state index in [4.69, 9.17) is 12.2 Å². The van der Waals surface area contributed by atoms with E-state index in [-0.39, 0.29) is 6.54 Å². The van der Waals surface area contributed by atoms with Gasteiger partial charge in [0, 0.05) is 6.54 Å². The van der Waals surface area contributed by atoms with Crippen LogP contribution in [0.3, 0.4) is 0 Å². The van der Waals surface area contributed by atoms with E-state index in [1.54, 1.807) is 0 Å². The third kappa shape index (κ3) is 1.92. The van der Waals surface area contributed by atoms with E-state index in [2.05, 4.69) is 0 Å². The minimum atomic E-state index is -1.09. The van der Waals surface area contributed by atoms with E-state index < -0.39 is 6.58 Å². The molecule has 0 aromatic rings. The molecule has 0 bridgehead atoms. The molecule has 1 unspecified atom stereocenters. The highest BCUT2D eigenvalue weighted by molar-refractivity contribution is 4.17. The van der Waals surface area contributed by atoms with Crippen LogP contribution >= 0.6 is 0 Å². The number of hydrogen-bond acceptors (Lipinski definition) is 2. The van der Waals surface area contributed by atoms with Crippen molar-refractivity contribution in [1.82, 2.24) is 0 Å². The van der Waals surface area contributed by atoms with Crippen molar-refractivity contribution in [3.63, 3.8) is 0 Å². The molecule has 1 atom stereocenters. The highest BCUT2D eigenvalue weighted by Gasteiger charge is 1.56. The lowest BCUT2D eigenvalue weighted by molar-refractivity contribution is 0.306. The van der Waals surface area contributed by atoms with Crippen molar-refractivity contribution >= 4 is 0 Å². The average molecular weight is 63.1 g/mol. The fraction of sp³-hybridized carbons (Fsp3) is 1.00. The first kappa shape index (κ1) is 2.18. The molecule has 0 saturated heterocycles. The lowest BCUT2D eigenvalue weighted by atomic mass is 10.8. The van der Waals surface area contributed by atoms with E-state index in [0.29, 0.717) is 0 Å². The smallest absolute Gasteiger partial charge is 0.0577 e. The normalized spacial score (nSPS) is 19.0. The fourth-order valence-corrected chi connectivity index (χ4v) is 0.